The molecule has 1 saturated carbocycles. The Morgan fingerprint density at radius 2 is 1.60 bits per heavy atom. The van der Waals surface area contributed by atoms with E-state index in [0.717, 1.165) is 9.37 Å². The second-order valence-electron chi connectivity index (χ2n) is 4.70. The molecule has 1 aromatic rings. The average Bonchev–Trinajstić information content (AvgIpc) is 3.12. The molecule has 1 aliphatic carbocycles. The van der Waals surface area contributed by atoms with E-state index >= 15 is 0 Å². The van der Waals surface area contributed by atoms with E-state index in [2.05, 4.69) is 53.1 Å². The molecule has 1 heterocycles. The van der Waals surface area contributed by atoms with Crippen LogP contribution < -0.4 is 10.2 Å². The Kier molecular flexibility index (Phi) is 3.30. The fourth-order valence-electron chi connectivity index (χ4n) is 2.19. The number of nitrogens with zero attached hydrogens (tertiary/aromatic N) is 1. The van der Waals surface area contributed by atoms with Crippen molar-refractivity contribution in [2.75, 3.05) is 4.90 Å². The van der Waals surface area contributed by atoms with E-state index in [1.807, 2.05) is 0 Å². The van der Waals surface area contributed by atoms with Gasteiger partial charge in [0.2, 0.25) is 5.91 Å². The Morgan fingerprint density at radius 3 is 2.10 bits per heavy atom. The number of halogens is 3. The fraction of sp³-hybridized carbons (Fsp3) is 0.250. The Balaban J connectivity index is 2.12. The van der Waals surface area contributed by atoms with E-state index in [0.29, 0.717) is 27.5 Å². The van der Waals surface area contributed by atoms with Crippen molar-refractivity contribution in [2.45, 2.75) is 12.8 Å². The molecule has 0 atom stereocenters. The van der Waals surface area contributed by atoms with Gasteiger partial charge in [0.25, 0.3) is 5.91 Å². The Labute approximate surface area is 139 Å². The lowest BCUT2D eigenvalue weighted by molar-refractivity contribution is -0.136. The topological polar surface area (TPSA) is 66.5 Å². The van der Waals surface area contributed by atoms with Gasteiger partial charge in [0, 0.05) is 13.4 Å². The maximum atomic E-state index is 12.5. The SMILES string of the molecule is O=C1NC(=O)C2(CC2)C(=O)N1c1c(Br)cc(Br)cc1Br. The number of benzene rings is 1. The summed E-state index contributed by atoms with van der Waals surface area (Å²) in [4.78, 5) is 37.4. The number of hydrogen-bond acceptors (Lipinski definition) is 3. The zero-order valence-corrected chi connectivity index (χ0v) is 14.6. The summed E-state index contributed by atoms with van der Waals surface area (Å²) in [6, 6.07) is 2.74. The van der Waals surface area contributed by atoms with Gasteiger partial charge in [-0.3, -0.25) is 14.9 Å². The van der Waals surface area contributed by atoms with Gasteiger partial charge in [-0.2, -0.15) is 0 Å². The molecule has 0 unspecified atom stereocenters. The maximum absolute atomic E-state index is 12.5. The van der Waals surface area contributed by atoms with Crippen LogP contribution in [0.1, 0.15) is 12.8 Å². The molecule has 1 aliphatic heterocycles. The molecule has 20 heavy (non-hydrogen) atoms. The Morgan fingerprint density at radius 1 is 1.05 bits per heavy atom. The molecule has 1 aromatic carbocycles. The van der Waals surface area contributed by atoms with Crippen LogP contribution in [0, 0.1) is 5.41 Å². The van der Waals surface area contributed by atoms with Crippen LogP contribution in [0.15, 0.2) is 25.6 Å². The molecule has 2 fully saturated rings. The summed E-state index contributed by atoms with van der Waals surface area (Å²) in [5.41, 5.74) is -0.658. The molecule has 3 rings (SSSR count). The largest absolute Gasteiger partial charge is 0.335 e. The molecule has 1 N–H and O–H groups in total. The lowest BCUT2D eigenvalue weighted by atomic mass is 10.0. The third kappa shape index (κ3) is 1.96. The van der Waals surface area contributed by atoms with Crippen LogP contribution in [0.2, 0.25) is 0 Å². The van der Waals surface area contributed by atoms with Crippen LogP contribution in [0.4, 0.5) is 10.5 Å². The van der Waals surface area contributed by atoms with Gasteiger partial charge in [-0.15, -0.1) is 0 Å². The molecule has 0 bridgehead atoms. The number of amides is 4. The molecular weight excluding hydrogens is 460 g/mol. The van der Waals surface area contributed by atoms with Crippen LogP contribution in [-0.2, 0) is 9.59 Å². The van der Waals surface area contributed by atoms with E-state index in [1.54, 1.807) is 12.1 Å². The number of nitrogens with one attached hydrogen (secondary N) is 1. The van der Waals surface area contributed by atoms with E-state index in [4.69, 9.17) is 0 Å². The Bertz CT molecular complexity index is 647. The highest BCUT2D eigenvalue weighted by Crippen LogP contribution is 2.51. The van der Waals surface area contributed by atoms with Gasteiger partial charge in [0.1, 0.15) is 5.41 Å². The smallest absolute Gasteiger partial charge is 0.276 e. The van der Waals surface area contributed by atoms with Crippen molar-refractivity contribution in [1.29, 1.82) is 0 Å². The number of hydrogen-bond donors (Lipinski definition) is 1. The first-order valence-corrected chi connectivity index (χ1v) is 8.09. The van der Waals surface area contributed by atoms with Gasteiger partial charge in [0.15, 0.2) is 0 Å². The Hall–Kier alpha value is -0.730. The normalized spacial score (nSPS) is 20.4. The van der Waals surface area contributed by atoms with E-state index in [9.17, 15) is 14.4 Å². The van der Waals surface area contributed by atoms with Gasteiger partial charge in [-0.25, -0.2) is 9.69 Å². The van der Waals surface area contributed by atoms with Crippen molar-refractivity contribution in [3.8, 4) is 0 Å². The molecule has 1 spiro atoms. The quantitative estimate of drug-likeness (QED) is 0.646. The lowest BCUT2D eigenvalue weighted by Gasteiger charge is -2.31. The molecular formula is C12H7Br3N2O3. The number of anilines is 1. The second kappa shape index (κ2) is 4.64. The third-order valence-corrected chi connectivity index (χ3v) is 5.09. The van der Waals surface area contributed by atoms with Gasteiger partial charge in [-0.1, -0.05) is 15.9 Å². The maximum Gasteiger partial charge on any atom is 0.335 e. The first-order valence-electron chi connectivity index (χ1n) is 5.71. The van der Waals surface area contributed by atoms with E-state index in [1.165, 1.54) is 0 Å². The summed E-state index contributed by atoms with van der Waals surface area (Å²) in [6.07, 6.45) is 0.959. The number of barbiturate groups is 1. The fourth-order valence-corrected chi connectivity index (χ4v) is 4.81. The molecule has 1 saturated heterocycles. The third-order valence-electron chi connectivity index (χ3n) is 3.43. The minimum absolute atomic E-state index is 0.398. The molecule has 0 radical (unpaired) electrons. The summed E-state index contributed by atoms with van der Waals surface area (Å²) in [5, 5.41) is 2.25. The van der Waals surface area contributed by atoms with Crippen LogP contribution in [0.3, 0.4) is 0 Å². The zero-order valence-electron chi connectivity index (χ0n) is 9.87. The lowest BCUT2D eigenvalue weighted by Crippen LogP contribution is -2.59. The van der Waals surface area contributed by atoms with Crippen LogP contribution in [0.5, 0.6) is 0 Å². The van der Waals surface area contributed by atoms with Gasteiger partial charge in [-0.05, 0) is 56.8 Å². The number of rotatable bonds is 1. The number of urea groups is 1. The minimum atomic E-state index is -1.06. The van der Waals surface area contributed by atoms with Crippen molar-refractivity contribution in [3.05, 3.63) is 25.6 Å². The zero-order chi connectivity index (χ0) is 14.7. The predicted octanol–water partition coefficient (Wildman–Crippen LogP) is 3.34. The standard InChI is InChI=1S/C12H7Br3N2O3/c13-5-3-6(14)8(7(15)4-5)17-10(19)12(1-2-12)9(18)16-11(17)20/h3-4H,1-2H2,(H,16,18,20). The molecule has 2 aliphatic rings. The summed E-state index contributed by atoms with van der Waals surface area (Å²) in [7, 11) is 0. The van der Waals surface area contributed by atoms with Crippen molar-refractivity contribution in [3.63, 3.8) is 0 Å². The molecule has 5 nitrogen and oxygen atoms in total. The average molecular weight is 467 g/mol. The predicted molar refractivity (Wildman–Crippen MR) is 82.2 cm³/mol. The van der Waals surface area contributed by atoms with Crippen molar-refractivity contribution < 1.29 is 14.4 Å². The van der Waals surface area contributed by atoms with Crippen LogP contribution in [-0.4, -0.2) is 17.8 Å². The number of imide groups is 2. The van der Waals surface area contributed by atoms with Gasteiger partial charge in [0.05, 0.1) is 5.69 Å². The summed E-state index contributed by atoms with van der Waals surface area (Å²) in [6.45, 7) is 0. The van der Waals surface area contributed by atoms with Crippen LogP contribution in [0.25, 0.3) is 0 Å². The van der Waals surface area contributed by atoms with Crippen LogP contribution >= 0.6 is 47.8 Å². The first kappa shape index (κ1) is 14.2. The molecule has 104 valence electrons. The van der Waals surface area contributed by atoms with Gasteiger partial charge < -0.3 is 0 Å². The minimum Gasteiger partial charge on any atom is -0.276 e. The highest BCUT2D eigenvalue weighted by atomic mass is 79.9. The van der Waals surface area contributed by atoms with E-state index in [-0.39, 0.29) is 0 Å². The number of carbonyl (C=O) groups excluding carboxylic acids is 3. The summed E-state index contributed by atoms with van der Waals surface area (Å²) in [5.74, 6) is -0.955. The van der Waals surface area contributed by atoms with Gasteiger partial charge >= 0.3 is 6.03 Å². The summed E-state index contributed by atoms with van der Waals surface area (Å²) >= 11 is 10.0. The second-order valence-corrected chi connectivity index (χ2v) is 7.32. The van der Waals surface area contributed by atoms with Crippen molar-refractivity contribution in [2.24, 2.45) is 5.41 Å². The summed E-state index contributed by atoms with van der Waals surface area (Å²) < 4.78 is 1.95. The molecule has 0 aromatic heterocycles. The van der Waals surface area contributed by atoms with Crippen molar-refractivity contribution in [1.82, 2.24) is 5.32 Å². The van der Waals surface area contributed by atoms with Crippen molar-refractivity contribution >= 4 is 71.3 Å². The first-order chi connectivity index (χ1) is 9.36. The van der Waals surface area contributed by atoms with E-state index < -0.39 is 23.3 Å². The monoisotopic (exact) mass is 464 g/mol. The highest BCUT2D eigenvalue weighted by Gasteiger charge is 2.62. The number of carbonyl (C=O) groups is 3. The molecule has 4 amide bonds. The molecule has 8 heteroatoms. The highest BCUT2D eigenvalue weighted by molar-refractivity contribution is 9.11.